The summed E-state index contributed by atoms with van der Waals surface area (Å²) in [5.41, 5.74) is 1.65. The molecule has 0 unspecified atom stereocenters. The first-order chi connectivity index (χ1) is 15.0. The van der Waals surface area contributed by atoms with Crippen molar-refractivity contribution in [2.45, 2.75) is 24.0 Å². The van der Waals surface area contributed by atoms with Gasteiger partial charge in [-0.1, -0.05) is 45.9 Å². The van der Waals surface area contributed by atoms with E-state index in [9.17, 15) is 4.79 Å². The van der Waals surface area contributed by atoms with E-state index in [1.807, 2.05) is 16.7 Å². The molecule has 162 valence electrons. The molecule has 2 aromatic carbocycles. The zero-order valence-electron chi connectivity index (χ0n) is 17.3. The van der Waals surface area contributed by atoms with Crippen molar-refractivity contribution < 1.29 is 14.3 Å². The quantitative estimate of drug-likeness (QED) is 0.325. The van der Waals surface area contributed by atoms with Crippen molar-refractivity contribution >= 4 is 33.6 Å². The Bertz CT molecular complexity index is 1050. The normalized spacial score (nSPS) is 10.5. The van der Waals surface area contributed by atoms with E-state index in [1.165, 1.54) is 12.7 Å². The van der Waals surface area contributed by atoms with Crippen LogP contribution >= 0.6 is 27.7 Å². The van der Waals surface area contributed by atoms with Gasteiger partial charge in [0.05, 0.1) is 20.8 Å². The predicted molar refractivity (Wildman–Crippen MR) is 125 cm³/mol. The Morgan fingerprint density at radius 2 is 1.90 bits per heavy atom. The van der Waals surface area contributed by atoms with Crippen LogP contribution in [-0.2, 0) is 18.8 Å². The summed E-state index contributed by atoms with van der Waals surface area (Å²) >= 11 is 5.04. The van der Waals surface area contributed by atoms with Crippen molar-refractivity contribution in [2.24, 2.45) is 0 Å². The number of aromatic nitrogens is 3. The lowest BCUT2D eigenvalue weighted by molar-refractivity contribution is 0.0949. The van der Waals surface area contributed by atoms with Crippen LogP contribution in [0.4, 0.5) is 0 Å². The van der Waals surface area contributed by atoms with Gasteiger partial charge in [-0.2, -0.15) is 0 Å². The Labute approximate surface area is 194 Å². The minimum atomic E-state index is -0.238. The van der Waals surface area contributed by atoms with Gasteiger partial charge >= 0.3 is 0 Å². The van der Waals surface area contributed by atoms with E-state index in [4.69, 9.17) is 9.47 Å². The van der Waals surface area contributed by atoms with Crippen LogP contribution < -0.4 is 14.8 Å². The van der Waals surface area contributed by atoms with Crippen LogP contribution in [0.1, 0.15) is 21.7 Å². The molecule has 31 heavy (non-hydrogen) atoms. The van der Waals surface area contributed by atoms with Crippen LogP contribution in [-0.4, -0.2) is 34.9 Å². The SMILES string of the molecule is C=CCn1c(CNC(=O)c2ccc(OC)c(OC)c2)nnc1SCc1ccc(Br)cc1. The molecule has 1 aromatic heterocycles. The number of halogens is 1. The monoisotopic (exact) mass is 502 g/mol. The van der Waals surface area contributed by atoms with Crippen LogP contribution in [0, 0.1) is 0 Å². The maximum Gasteiger partial charge on any atom is 0.251 e. The highest BCUT2D eigenvalue weighted by Crippen LogP contribution is 2.27. The zero-order valence-corrected chi connectivity index (χ0v) is 19.7. The van der Waals surface area contributed by atoms with E-state index in [0.717, 1.165) is 15.4 Å². The molecule has 0 fully saturated rings. The van der Waals surface area contributed by atoms with Gasteiger partial charge in [0, 0.05) is 22.3 Å². The molecule has 1 N–H and O–H groups in total. The minimum absolute atomic E-state index is 0.238. The number of thioether (sulfide) groups is 1. The fourth-order valence-electron chi connectivity index (χ4n) is 2.84. The summed E-state index contributed by atoms with van der Waals surface area (Å²) in [6, 6.07) is 13.2. The minimum Gasteiger partial charge on any atom is -0.493 e. The Kier molecular flexibility index (Phi) is 8.13. The summed E-state index contributed by atoms with van der Waals surface area (Å²) < 4.78 is 13.5. The molecule has 0 saturated heterocycles. The number of carbonyl (C=O) groups is 1. The molecule has 9 heteroatoms. The summed E-state index contributed by atoms with van der Waals surface area (Å²) in [6.07, 6.45) is 1.78. The molecule has 0 aliphatic rings. The number of hydrogen-bond donors (Lipinski definition) is 1. The standard InChI is InChI=1S/C22H23BrN4O3S/c1-4-11-27-20(25-26-22(27)31-14-15-5-8-17(23)9-6-15)13-24-21(28)16-7-10-18(29-2)19(12-16)30-3/h4-10,12H,1,11,13-14H2,2-3H3,(H,24,28). The van der Waals surface area contributed by atoms with E-state index in [0.29, 0.717) is 29.4 Å². The van der Waals surface area contributed by atoms with Crippen molar-refractivity contribution in [3.8, 4) is 11.5 Å². The van der Waals surface area contributed by atoms with Crippen molar-refractivity contribution in [3.05, 3.63) is 76.5 Å². The lowest BCUT2D eigenvalue weighted by Crippen LogP contribution is -2.25. The average molecular weight is 503 g/mol. The van der Waals surface area contributed by atoms with Crippen LogP contribution in [0.25, 0.3) is 0 Å². The first kappa shape index (κ1) is 22.9. The molecular weight excluding hydrogens is 480 g/mol. The first-order valence-electron chi connectivity index (χ1n) is 9.46. The van der Waals surface area contributed by atoms with Crippen molar-refractivity contribution in [2.75, 3.05) is 14.2 Å². The van der Waals surface area contributed by atoms with Gasteiger partial charge in [0.2, 0.25) is 0 Å². The lowest BCUT2D eigenvalue weighted by Gasteiger charge is -2.11. The molecule has 0 bridgehead atoms. The van der Waals surface area contributed by atoms with Gasteiger partial charge in [-0.3, -0.25) is 4.79 Å². The van der Waals surface area contributed by atoms with Gasteiger partial charge in [-0.05, 0) is 35.9 Å². The Balaban J connectivity index is 1.67. The number of ether oxygens (including phenoxy) is 2. The van der Waals surface area contributed by atoms with Gasteiger partial charge in [0.15, 0.2) is 22.5 Å². The Morgan fingerprint density at radius 3 is 2.58 bits per heavy atom. The summed E-state index contributed by atoms with van der Waals surface area (Å²) in [5, 5.41) is 12.2. The van der Waals surface area contributed by atoms with E-state index in [1.54, 1.807) is 43.1 Å². The third-order valence-corrected chi connectivity index (χ3v) is 6.01. The van der Waals surface area contributed by atoms with E-state index >= 15 is 0 Å². The average Bonchev–Trinajstić information content (AvgIpc) is 3.18. The summed E-state index contributed by atoms with van der Waals surface area (Å²) in [7, 11) is 3.08. The van der Waals surface area contributed by atoms with Gasteiger partial charge in [0.25, 0.3) is 5.91 Å². The summed E-state index contributed by atoms with van der Waals surface area (Å²) in [4.78, 5) is 12.6. The van der Waals surface area contributed by atoms with Crippen LogP contribution in [0.5, 0.6) is 11.5 Å². The van der Waals surface area contributed by atoms with Crippen LogP contribution in [0.3, 0.4) is 0 Å². The largest absolute Gasteiger partial charge is 0.493 e. The molecule has 0 spiro atoms. The molecule has 7 nitrogen and oxygen atoms in total. The second kappa shape index (κ2) is 11.0. The van der Waals surface area contributed by atoms with Crippen molar-refractivity contribution in [3.63, 3.8) is 0 Å². The maximum atomic E-state index is 12.6. The highest BCUT2D eigenvalue weighted by atomic mass is 79.9. The molecular formula is C22H23BrN4O3S. The molecule has 0 atom stereocenters. The number of methoxy groups -OCH3 is 2. The van der Waals surface area contributed by atoms with Crippen molar-refractivity contribution in [1.82, 2.24) is 20.1 Å². The third kappa shape index (κ3) is 5.89. The summed E-state index contributed by atoms with van der Waals surface area (Å²) in [5.74, 6) is 2.25. The second-order valence-electron chi connectivity index (χ2n) is 6.47. The van der Waals surface area contributed by atoms with Gasteiger partial charge in [-0.15, -0.1) is 16.8 Å². The first-order valence-corrected chi connectivity index (χ1v) is 11.2. The highest BCUT2D eigenvalue weighted by molar-refractivity contribution is 9.10. The number of nitrogens with one attached hydrogen (secondary N) is 1. The highest BCUT2D eigenvalue weighted by Gasteiger charge is 2.15. The third-order valence-electron chi connectivity index (χ3n) is 4.44. The molecule has 0 aliphatic heterocycles. The molecule has 0 aliphatic carbocycles. The van der Waals surface area contributed by atoms with E-state index in [-0.39, 0.29) is 12.5 Å². The number of carbonyl (C=O) groups excluding carboxylic acids is 1. The number of allylic oxidation sites excluding steroid dienone is 1. The molecule has 3 rings (SSSR count). The lowest BCUT2D eigenvalue weighted by atomic mass is 10.2. The number of amides is 1. The van der Waals surface area contributed by atoms with Gasteiger partial charge in [0.1, 0.15) is 0 Å². The Morgan fingerprint density at radius 1 is 1.16 bits per heavy atom. The smallest absolute Gasteiger partial charge is 0.251 e. The Hall–Kier alpha value is -2.78. The number of benzene rings is 2. The summed E-state index contributed by atoms with van der Waals surface area (Å²) in [6.45, 7) is 4.62. The number of rotatable bonds is 10. The number of nitrogens with zero attached hydrogens (tertiary/aromatic N) is 3. The topological polar surface area (TPSA) is 78.3 Å². The van der Waals surface area contributed by atoms with Gasteiger partial charge < -0.3 is 19.4 Å². The molecule has 3 aromatic rings. The fraction of sp³-hybridized carbons (Fsp3) is 0.227. The molecule has 0 saturated carbocycles. The zero-order chi connectivity index (χ0) is 22.2. The van der Waals surface area contributed by atoms with E-state index < -0.39 is 0 Å². The van der Waals surface area contributed by atoms with E-state index in [2.05, 4.69) is 50.2 Å². The molecule has 1 amide bonds. The number of hydrogen-bond acceptors (Lipinski definition) is 6. The molecule has 1 heterocycles. The molecule has 0 radical (unpaired) electrons. The van der Waals surface area contributed by atoms with Crippen LogP contribution in [0.2, 0.25) is 0 Å². The predicted octanol–water partition coefficient (Wildman–Crippen LogP) is 4.47. The van der Waals surface area contributed by atoms with Crippen molar-refractivity contribution in [1.29, 1.82) is 0 Å². The van der Waals surface area contributed by atoms with Gasteiger partial charge in [-0.25, -0.2) is 0 Å². The van der Waals surface area contributed by atoms with Crippen LogP contribution in [0.15, 0.2) is 64.7 Å². The second-order valence-corrected chi connectivity index (χ2v) is 8.32. The maximum absolute atomic E-state index is 12.6. The fourth-order valence-corrected chi connectivity index (χ4v) is 4.02.